The predicted octanol–water partition coefficient (Wildman–Crippen LogP) is 6.36. The summed E-state index contributed by atoms with van der Waals surface area (Å²) in [5.41, 5.74) is 5.04. The molecule has 0 bridgehead atoms. The van der Waals surface area contributed by atoms with Gasteiger partial charge in [0.1, 0.15) is 11.6 Å². The number of carbonyl (C=O) groups excluding carboxylic acids is 1. The number of hydrogen-bond donors (Lipinski definition) is 1. The van der Waals surface area contributed by atoms with Gasteiger partial charge in [-0.05, 0) is 79.1 Å². The van der Waals surface area contributed by atoms with E-state index >= 15 is 0 Å². The number of imidazole rings is 1. The third kappa shape index (κ3) is 4.55. The SMILES string of the molecule is O=C1CCC(c2cn(-c3ccc(Br)cc3)nc2-c2ccc(F)cc2)N1CCc1cc2nc[nH]c2cc1F. The third-order valence-corrected chi connectivity index (χ3v) is 7.38. The van der Waals surface area contributed by atoms with Crippen LogP contribution < -0.4 is 0 Å². The van der Waals surface area contributed by atoms with Crippen LogP contribution in [-0.4, -0.2) is 37.1 Å². The Bertz CT molecular complexity index is 1590. The number of aromatic nitrogens is 4. The van der Waals surface area contributed by atoms with Gasteiger partial charge in [0.2, 0.25) is 5.91 Å². The minimum atomic E-state index is -0.328. The number of fused-ring (bicyclic) bond motifs is 1. The van der Waals surface area contributed by atoms with Gasteiger partial charge in [-0.1, -0.05) is 15.9 Å². The number of nitrogens with zero attached hydrogens (tertiary/aromatic N) is 4. The quantitative estimate of drug-likeness (QED) is 0.262. The number of amides is 1. The molecule has 1 fully saturated rings. The number of nitrogens with one attached hydrogen (secondary N) is 1. The number of carbonyl (C=O) groups is 1. The van der Waals surface area contributed by atoms with Gasteiger partial charge in [0.15, 0.2) is 0 Å². The zero-order valence-corrected chi connectivity index (χ0v) is 21.3. The van der Waals surface area contributed by atoms with Gasteiger partial charge in [0.05, 0.1) is 34.8 Å². The second-order valence-corrected chi connectivity index (χ2v) is 10.0. The Morgan fingerprint density at radius 2 is 1.84 bits per heavy atom. The van der Waals surface area contributed by atoms with Crippen LogP contribution in [0, 0.1) is 11.6 Å². The Kier molecular flexibility index (Phi) is 6.08. The summed E-state index contributed by atoms with van der Waals surface area (Å²) in [6, 6.07) is 16.9. The van der Waals surface area contributed by atoms with Gasteiger partial charge in [-0.3, -0.25) is 4.79 Å². The maximum atomic E-state index is 14.7. The van der Waals surface area contributed by atoms with E-state index in [4.69, 9.17) is 5.10 Å². The molecular formula is C28H22BrF2N5O. The lowest BCUT2D eigenvalue weighted by molar-refractivity contribution is -0.129. The fourth-order valence-corrected chi connectivity index (χ4v) is 5.22. The Morgan fingerprint density at radius 3 is 2.62 bits per heavy atom. The summed E-state index contributed by atoms with van der Waals surface area (Å²) in [7, 11) is 0. The molecule has 2 aromatic heterocycles. The molecule has 0 spiro atoms. The zero-order valence-electron chi connectivity index (χ0n) is 19.7. The maximum absolute atomic E-state index is 14.7. The third-order valence-electron chi connectivity index (χ3n) is 6.85. The largest absolute Gasteiger partial charge is 0.345 e. The van der Waals surface area contributed by atoms with E-state index in [9.17, 15) is 13.6 Å². The first kappa shape index (κ1) is 23.5. The smallest absolute Gasteiger partial charge is 0.223 e. The highest BCUT2D eigenvalue weighted by atomic mass is 79.9. The van der Waals surface area contributed by atoms with E-state index < -0.39 is 0 Å². The van der Waals surface area contributed by atoms with Crippen LogP contribution in [0.2, 0.25) is 0 Å². The normalized spacial score (nSPS) is 15.7. The van der Waals surface area contributed by atoms with Crippen LogP contribution in [0.15, 0.2) is 77.7 Å². The number of H-pyrrole nitrogens is 1. The van der Waals surface area contributed by atoms with E-state index in [1.807, 2.05) is 35.4 Å². The molecule has 1 amide bonds. The first-order valence-corrected chi connectivity index (χ1v) is 12.8. The van der Waals surface area contributed by atoms with Gasteiger partial charge in [-0.15, -0.1) is 0 Å². The van der Waals surface area contributed by atoms with E-state index in [0.29, 0.717) is 48.1 Å². The fraction of sp³-hybridized carbons (Fsp3) is 0.179. The number of aromatic amines is 1. The van der Waals surface area contributed by atoms with Crippen LogP contribution in [0.1, 0.15) is 30.0 Å². The standard InChI is InChI=1S/C28H22BrF2N5O/c29-19-3-7-21(8-4-19)36-15-22(28(34-36)17-1-5-20(30)6-2-17)26-9-10-27(37)35(26)12-11-18-13-24-25(14-23(18)31)33-16-32-24/h1-8,13-16,26H,9-12H2,(H,32,33). The summed E-state index contributed by atoms with van der Waals surface area (Å²) >= 11 is 3.46. The molecule has 37 heavy (non-hydrogen) atoms. The molecule has 1 saturated heterocycles. The molecule has 186 valence electrons. The minimum Gasteiger partial charge on any atom is -0.345 e. The summed E-state index contributed by atoms with van der Waals surface area (Å²) in [6.07, 6.45) is 4.87. The van der Waals surface area contributed by atoms with Crippen molar-refractivity contribution in [1.82, 2.24) is 24.6 Å². The predicted molar refractivity (Wildman–Crippen MR) is 140 cm³/mol. The van der Waals surface area contributed by atoms with Gasteiger partial charge in [0.25, 0.3) is 0 Å². The summed E-state index contributed by atoms with van der Waals surface area (Å²) < 4.78 is 31.1. The Morgan fingerprint density at radius 1 is 1.05 bits per heavy atom. The number of rotatable bonds is 6. The van der Waals surface area contributed by atoms with E-state index in [-0.39, 0.29) is 23.6 Å². The highest BCUT2D eigenvalue weighted by Crippen LogP contribution is 2.38. The van der Waals surface area contributed by atoms with Crippen molar-refractivity contribution in [3.8, 4) is 16.9 Å². The van der Waals surface area contributed by atoms with Crippen molar-refractivity contribution >= 4 is 32.9 Å². The monoisotopic (exact) mass is 561 g/mol. The maximum Gasteiger partial charge on any atom is 0.223 e. The van der Waals surface area contributed by atoms with E-state index in [2.05, 4.69) is 25.9 Å². The number of benzene rings is 3. The van der Waals surface area contributed by atoms with Gasteiger partial charge in [-0.25, -0.2) is 18.4 Å². The molecule has 1 aliphatic heterocycles. The topological polar surface area (TPSA) is 66.8 Å². The second-order valence-electron chi connectivity index (χ2n) is 9.12. The molecule has 6 rings (SSSR count). The van der Waals surface area contributed by atoms with Crippen LogP contribution in [0.25, 0.3) is 28.0 Å². The second kappa shape index (κ2) is 9.55. The van der Waals surface area contributed by atoms with Crippen molar-refractivity contribution in [1.29, 1.82) is 0 Å². The van der Waals surface area contributed by atoms with Gasteiger partial charge >= 0.3 is 0 Å². The highest BCUT2D eigenvalue weighted by Gasteiger charge is 2.35. The number of halogens is 3. The molecule has 3 aromatic carbocycles. The molecule has 1 unspecified atom stereocenters. The van der Waals surface area contributed by atoms with E-state index in [0.717, 1.165) is 21.3 Å². The molecule has 1 atom stereocenters. The molecular weight excluding hydrogens is 540 g/mol. The van der Waals surface area contributed by atoms with Crippen LogP contribution >= 0.6 is 15.9 Å². The molecule has 1 N–H and O–H groups in total. The molecule has 1 aliphatic rings. The average molecular weight is 562 g/mol. The fourth-order valence-electron chi connectivity index (χ4n) is 4.96. The Balaban J connectivity index is 1.35. The zero-order chi connectivity index (χ0) is 25.5. The summed E-state index contributed by atoms with van der Waals surface area (Å²) in [4.78, 5) is 21.9. The Labute approximate surface area is 220 Å². The lowest BCUT2D eigenvalue weighted by atomic mass is 10.00. The lowest BCUT2D eigenvalue weighted by Gasteiger charge is -2.25. The lowest BCUT2D eigenvalue weighted by Crippen LogP contribution is -2.30. The van der Waals surface area contributed by atoms with Gasteiger partial charge < -0.3 is 9.88 Å². The first-order valence-electron chi connectivity index (χ1n) is 12.0. The van der Waals surface area contributed by atoms with E-state index in [1.54, 1.807) is 22.9 Å². The first-order chi connectivity index (χ1) is 18.0. The molecule has 5 aromatic rings. The van der Waals surface area contributed by atoms with Crippen molar-refractivity contribution in [2.24, 2.45) is 0 Å². The van der Waals surface area contributed by atoms with Crippen LogP contribution in [0.4, 0.5) is 8.78 Å². The van der Waals surface area contributed by atoms with Crippen LogP contribution in [0.3, 0.4) is 0 Å². The van der Waals surface area contributed by atoms with Crippen LogP contribution in [-0.2, 0) is 11.2 Å². The van der Waals surface area contributed by atoms with Crippen LogP contribution in [0.5, 0.6) is 0 Å². The van der Waals surface area contributed by atoms with Gasteiger partial charge in [0, 0.05) is 34.8 Å². The molecule has 0 radical (unpaired) electrons. The molecule has 9 heteroatoms. The van der Waals surface area contributed by atoms with Crippen molar-refractivity contribution in [3.63, 3.8) is 0 Å². The van der Waals surface area contributed by atoms with Crippen molar-refractivity contribution < 1.29 is 13.6 Å². The summed E-state index contributed by atoms with van der Waals surface area (Å²) in [5, 5.41) is 4.84. The average Bonchev–Trinajstić information content (AvgIpc) is 3.62. The van der Waals surface area contributed by atoms with Gasteiger partial charge in [-0.2, -0.15) is 5.10 Å². The number of hydrogen-bond acceptors (Lipinski definition) is 3. The summed E-state index contributed by atoms with van der Waals surface area (Å²) in [5.74, 6) is -0.631. The van der Waals surface area contributed by atoms with Crippen molar-refractivity contribution in [3.05, 3.63) is 100 Å². The van der Waals surface area contributed by atoms with Crippen molar-refractivity contribution in [2.75, 3.05) is 6.54 Å². The highest BCUT2D eigenvalue weighted by molar-refractivity contribution is 9.10. The van der Waals surface area contributed by atoms with E-state index in [1.165, 1.54) is 24.5 Å². The number of likely N-dealkylation sites (tertiary alicyclic amines) is 1. The van der Waals surface area contributed by atoms with Crippen molar-refractivity contribution in [2.45, 2.75) is 25.3 Å². The molecule has 0 saturated carbocycles. The molecule has 6 nitrogen and oxygen atoms in total. The minimum absolute atomic E-state index is 0.0210. The molecule has 0 aliphatic carbocycles. The summed E-state index contributed by atoms with van der Waals surface area (Å²) in [6.45, 7) is 0.364. The Hall–Kier alpha value is -3.85. The molecule has 3 heterocycles.